The zero-order valence-corrected chi connectivity index (χ0v) is 21.8. The van der Waals surface area contributed by atoms with Gasteiger partial charge in [0.2, 0.25) is 5.76 Å². The molecule has 0 aromatic carbocycles. The molecule has 196 valence electrons. The molecule has 0 unspecified atom stereocenters. The fourth-order valence-electron chi connectivity index (χ4n) is 4.11. The van der Waals surface area contributed by atoms with Gasteiger partial charge in [0.25, 0.3) is 0 Å². The molecule has 2 atom stereocenters. The predicted molar refractivity (Wildman–Crippen MR) is 136 cm³/mol. The summed E-state index contributed by atoms with van der Waals surface area (Å²) in [6.45, 7) is 4.31. The molecule has 36 heavy (non-hydrogen) atoms. The number of anilines is 1. The maximum Gasteiger partial charge on any atom is 0.414 e. The van der Waals surface area contributed by atoms with Crippen molar-refractivity contribution in [2.45, 2.75) is 45.3 Å². The number of hydrogen-bond donors (Lipinski definition) is 2. The first-order chi connectivity index (χ1) is 17.3. The van der Waals surface area contributed by atoms with Crippen molar-refractivity contribution in [2.75, 3.05) is 39.3 Å². The molecule has 1 aliphatic rings. The lowest BCUT2D eigenvalue weighted by Crippen LogP contribution is -2.47. The van der Waals surface area contributed by atoms with Gasteiger partial charge in [-0.25, -0.2) is 14.8 Å². The minimum absolute atomic E-state index is 0.0549. The van der Waals surface area contributed by atoms with E-state index in [2.05, 4.69) is 10.3 Å². The van der Waals surface area contributed by atoms with Crippen molar-refractivity contribution < 1.29 is 28.3 Å². The van der Waals surface area contributed by atoms with Crippen molar-refractivity contribution in [3.05, 3.63) is 28.7 Å². The van der Waals surface area contributed by atoms with Crippen LogP contribution in [0.5, 0.6) is 0 Å². The van der Waals surface area contributed by atoms with Crippen LogP contribution in [0.1, 0.15) is 49.4 Å². The predicted octanol–water partition coefficient (Wildman–Crippen LogP) is 4.24. The fraction of sp³-hybridized carbons (Fsp3) is 0.500. The Morgan fingerprint density at radius 2 is 2.14 bits per heavy atom. The summed E-state index contributed by atoms with van der Waals surface area (Å²) in [7, 11) is 4.47. The lowest BCUT2D eigenvalue weighted by Gasteiger charge is -2.36. The van der Waals surface area contributed by atoms with Gasteiger partial charge >= 0.3 is 12.0 Å². The maximum absolute atomic E-state index is 13.4. The van der Waals surface area contributed by atoms with E-state index in [0.29, 0.717) is 25.0 Å². The number of amides is 2. The van der Waals surface area contributed by atoms with Gasteiger partial charge in [0, 0.05) is 50.8 Å². The van der Waals surface area contributed by atoms with E-state index < -0.39 is 12.0 Å². The Morgan fingerprint density at radius 1 is 1.39 bits per heavy atom. The summed E-state index contributed by atoms with van der Waals surface area (Å²) in [4.78, 5) is 37.9. The summed E-state index contributed by atoms with van der Waals surface area (Å²) < 4.78 is 17.2. The van der Waals surface area contributed by atoms with Gasteiger partial charge in [-0.15, -0.1) is 0 Å². The average molecular weight is 522 g/mol. The summed E-state index contributed by atoms with van der Waals surface area (Å²) in [5, 5.41) is 11.9. The number of aromatic nitrogens is 1. The summed E-state index contributed by atoms with van der Waals surface area (Å²) in [6.07, 6.45) is 3.84. The number of rotatable bonds is 9. The van der Waals surface area contributed by atoms with Crippen molar-refractivity contribution in [2.24, 2.45) is 0 Å². The third-order valence-electron chi connectivity index (χ3n) is 5.94. The second-order valence-electron chi connectivity index (χ2n) is 8.11. The standard InChI is InChI=1S/C24H32ClN5O6/c1-6-16-10-15(8-9-35-16)30(24(32)34-7-2)21-20-18(36-22(21)23(31)29(4)33-5)11-17(25)19(28-20)14(12-26)13-27-3/h11-13,15-16,26-27H,6-10H2,1-5H3/b14-13+,26-12?/t15-,16-/m0/s1. The smallest absolute Gasteiger partial charge is 0.414 e. The molecule has 2 aromatic heterocycles. The van der Waals surface area contributed by atoms with Crippen molar-refractivity contribution >= 4 is 52.2 Å². The molecular formula is C24H32ClN5O6. The van der Waals surface area contributed by atoms with Crippen LogP contribution in [-0.4, -0.2) is 74.8 Å². The second-order valence-corrected chi connectivity index (χ2v) is 8.52. The molecule has 2 amide bonds. The van der Waals surface area contributed by atoms with Crippen molar-refractivity contribution in [3.63, 3.8) is 0 Å². The highest BCUT2D eigenvalue weighted by Gasteiger charge is 2.39. The highest BCUT2D eigenvalue weighted by molar-refractivity contribution is 6.34. The SMILES string of the molecule is CCOC(=O)N(c1c(C(=O)N(C)OC)oc2cc(Cl)c(/C(C=N)=C/NC)nc12)[C@H]1CCO[C@@H](CC)C1. The van der Waals surface area contributed by atoms with Crippen LogP contribution in [0.25, 0.3) is 16.7 Å². The number of ether oxygens (including phenoxy) is 2. The van der Waals surface area contributed by atoms with Crippen LogP contribution in [-0.2, 0) is 14.3 Å². The monoisotopic (exact) mass is 521 g/mol. The Bertz CT molecular complexity index is 1150. The molecule has 12 heteroatoms. The molecule has 3 rings (SSSR count). The van der Waals surface area contributed by atoms with E-state index in [9.17, 15) is 9.59 Å². The normalized spacial score (nSPS) is 18.1. The average Bonchev–Trinajstić information content (AvgIpc) is 3.24. The van der Waals surface area contributed by atoms with Crippen molar-refractivity contribution in [1.29, 1.82) is 5.41 Å². The highest BCUT2D eigenvalue weighted by Crippen LogP contribution is 2.40. The van der Waals surface area contributed by atoms with E-state index in [4.69, 9.17) is 35.7 Å². The number of fused-ring (bicyclic) bond motifs is 1. The molecule has 0 spiro atoms. The summed E-state index contributed by atoms with van der Waals surface area (Å²) in [5.74, 6) is -0.758. The first kappa shape index (κ1) is 27.4. The number of furan rings is 1. The topological polar surface area (TPSA) is 130 Å². The molecule has 0 saturated carbocycles. The Labute approximate surface area is 214 Å². The van der Waals surface area contributed by atoms with Crippen molar-refractivity contribution in [3.8, 4) is 0 Å². The van der Waals surface area contributed by atoms with E-state index in [-0.39, 0.29) is 52.0 Å². The van der Waals surface area contributed by atoms with Crippen LogP contribution in [0, 0.1) is 5.41 Å². The molecular weight excluding hydrogens is 490 g/mol. The number of nitrogens with one attached hydrogen (secondary N) is 2. The molecule has 11 nitrogen and oxygen atoms in total. The minimum atomic E-state index is -0.632. The number of hydroxylamine groups is 2. The third kappa shape index (κ3) is 5.48. The molecule has 0 radical (unpaired) electrons. The lowest BCUT2D eigenvalue weighted by molar-refractivity contribution is -0.0772. The summed E-state index contributed by atoms with van der Waals surface area (Å²) >= 11 is 6.49. The van der Waals surface area contributed by atoms with Gasteiger partial charge in [-0.1, -0.05) is 18.5 Å². The minimum Gasteiger partial charge on any atom is -0.449 e. The Kier molecular flexibility index (Phi) is 9.30. The number of nitrogens with zero attached hydrogens (tertiary/aromatic N) is 3. The molecule has 1 saturated heterocycles. The number of allylic oxidation sites excluding steroid dienone is 1. The van der Waals surface area contributed by atoms with Gasteiger partial charge in [0.1, 0.15) is 11.2 Å². The summed E-state index contributed by atoms with van der Waals surface area (Å²) in [6, 6.07) is 1.18. The van der Waals surface area contributed by atoms with Crippen LogP contribution in [0.4, 0.5) is 10.5 Å². The molecule has 2 aromatic rings. The zero-order chi connectivity index (χ0) is 26.4. The molecule has 1 aliphatic heterocycles. The van der Waals surface area contributed by atoms with Crippen LogP contribution in [0.2, 0.25) is 5.02 Å². The van der Waals surface area contributed by atoms with Gasteiger partial charge in [-0.05, 0) is 26.2 Å². The van der Waals surface area contributed by atoms with Crippen LogP contribution < -0.4 is 10.2 Å². The lowest BCUT2D eigenvalue weighted by atomic mass is 9.99. The zero-order valence-electron chi connectivity index (χ0n) is 21.1. The molecule has 3 heterocycles. The van der Waals surface area contributed by atoms with E-state index in [0.717, 1.165) is 17.7 Å². The summed E-state index contributed by atoms with van der Waals surface area (Å²) in [5.41, 5.74) is 1.29. The van der Waals surface area contributed by atoms with Gasteiger partial charge < -0.3 is 24.6 Å². The largest absolute Gasteiger partial charge is 0.449 e. The Hall–Kier alpha value is -3.15. The third-order valence-corrected chi connectivity index (χ3v) is 6.23. The highest BCUT2D eigenvalue weighted by atomic mass is 35.5. The number of pyridine rings is 1. The Balaban J connectivity index is 2.33. The van der Waals surface area contributed by atoms with Crippen LogP contribution in [0.15, 0.2) is 16.7 Å². The number of carbonyl (C=O) groups excluding carboxylic acids is 2. The van der Waals surface area contributed by atoms with E-state index >= 15 is 0 Å². The number of hydrogen-bond acceptors (Lipinski definition) is 9. The molecule has 1 fully saturated rings. The number of halogens is 1. The number of carbonyl (C=O) groups is 2. The van der Waals surface area contributed by atoms with Crippen LogP contribution >= 0.6 is 11.6 Å². The quantitative estimate of drug-likeness (QED) is 0.370. The first-order valence-electron chi connectivity index (χ1n) is 11.7. The van der Waals surface area contributed by atoms with Crippen molar-refractivity contribution in [1.82, 2.24) is 15.4 Å². The first-order valence-corrected chi connectivity index (χ1v) is 12.1. The Morgan fingerprint density at radius 3 is 2.75 bits per heavy atom. The molecule has 2 N–H and O–H groups in total. The van der Waals surface area contributed by atoms with E-state index in [1.807, 2.05) is 6.92 Å². The fourth-order valence-corrected chi connectivity index (χ4v) is 4.36. The van der Waals surface area contributed by atoms with Gasteiger partial charge in [-0.3, -0.25) is 14.5 Å². The molecule has 0 aliphatic carbocycles. The maximum atomic E-state index is 13.4. The second kappa shape index (κ2) is 12.2. The van der Waals surface area contributed by atoms with Gasteiger partial charge in [-0.2, -0.15) is 0 Å². The van der Waals surface area contributed by atoms with E-state index in [1.165, 1.54) is 25.1 Å². The van der Waals surface area contributed by atoms with Gasteiger partial charge in [0.15, 0.2) is 5.58 Å². The van der Waals surface area contributed by atoms with Gasteiger partial charge in [0.05, 0.1) is 30.5 Å². The van der Waals surface area contributed by atoms with E-state index in [1.54, 1.807) is 20.2 Å². The molecule has 0 bridgehead atoms. The van der Waals surface area contributed by atoms with Crippen LogP contribution in [0.3, 0.4) is 0 Å².